The molecule has 0 aliphatic heterocycles. The lowest BCUT2D eigenvalue weighted by Gasteiger charge is -2.15. The molecule has 1 aromatic carbocycles. The Balaban J connectivity index is 1.52. The van der Waals surface area contributed by atoms with E-state index in [1.165, 1.54) is 28.6 Å². The van der Waals surface area contributed by atoms with Gasteiger partial charge >= 0.3 is 17.8 Å². The highest BCUT2D eigenvalue weighted by Crippen LogP contribution is 2.50. The number of esters is 1. The summed E-state index contributed by atoms with van der Waals surface area (Å²) in [4.78, 5) is 55.7. The highest BCUT2D eigenvalue weighted by Gasteiger charge is 2.50. The number of hydrogen-bond acceptors (Lipinski definition) is 7. The predicted octanol–water partition coefficient (Wildman–Crippen LogP) is 4.74. The van der Waals surface area contributed by atoms with Crippen molar-refractivity contribution in [3.05, 3.63) is 71.5 Å². The van der Waals surface area contributed by atoms with Crippen LogP contribution in [0.3, 0.4) is 0 Å². The second-order valence-electron chi connectivity index (χ2n) is 10.4. The Hall–Kier alpha value is -3.85. The van der Waals surface area contributed by atoms with E-state index in [0.717, 1.165) is 45.8 Å². The molecule has 1 aliphatic carbocycles. The highest BCUT2D eigenvalue weighted by atomic mass is 32.1. The summed E-state index contributed by atoms with van der Waals surface area (Å²) in [7, 11) is 2.86. The van der Waals surface area contributed by atoms with Crippen molar-refractivity contribution in [2.45, 2.75) is 51.9 Å². The Morgan fingerprint density at radius 3 is 2.44 bits per heavy atom. The number of alkyl halides is 3. The van der Waals surface area contributed by atoms with Crippen LogP contribution in [0.25, 0.3) is 21.5 Å². The van der Waals surface area contributed by atoms with Crippen LogP contribution in [0.5, 0.6) is 0 Å². The molecule has 0 saturated heterocycles. The van der Waals surface area contributed by atoms with Crippen molar-refractivity contribution in [3.8, 4) is 11.3 Å². The zero-order valence-corrected chi connectivity index (χ0v) is 24.9. The molecule has 0 bridgehead atoms. The number of aromatic nitrogens is 3. The summed E-state index contributed by atoms with van der Waals surface area (Å²) in [6.07, 6.45) is -2.38. The maximum atomic E-state index is 14.5. The van der Waals surface area contributed by atoms with E-state index in [4.69, 9.17) is 4.74 Å². The first-order valence-electron chi connectivity index (χ1n) is 13.2. The highest BCUT2D eigenvalue weighted by molar-refractivity contribution is 7.17. The Morgan fingerprint density at radius 2 is 1.81 bits per heavy atom. The van der Waals surface area contributed by atoms with Gasteiger partial charge in [0.2, 0.25) is 0 Å². The SMILES string of the molecule is CCCC1(C(=O)OCn2c(-c3ccc(C(F)(F)F)c(F)c3)csc2=NC(=O)Cc2csc3c2c(=O)n(C)c(=O)n3C)CC1. The van der Waals surface area contributed by atoms with Crippen LogP contribution in [-0.2, 0) is 47.7 Å². The summed E-state index contributed by atoms with van der Waals surface area (Å²) in [6, 6.07) is 2.44. The van der Waals surface area contributed by atoms with E-state index >= 15 is 0 Å². The summed E-state index contributed by atoms with van der Waals surface area (Å²) in [5.41, 5.74) is -2.42. The average Bonchev–Trinajstić information content (AvgIpc) is 3.45. The second kappa shape index (κ2) is 11.3. The van der Waals surface area contributed by atoms with E-state index in [1.807, 2.05) is 6.92 Å². The molecule has 1 fully saturated rings. The minimum atomic E-state index is -4.88. The van der Waals surface area contributed by atoms with Gasteiger partial charge in [0.1, 0.15) is 10.6 Å². The van der Waals surface area contributed by atoms with Crippen LogP contribution in [0.2, 0.25) is 0 Å². The maximum absolute atomic E-state index is 14.5. The van der Waals surface area contributed by atoms with Gasteiger partial charge in [-0.15, -0.1) is 22.7 Å². The first-order valence-corrected chi connectivity index (χ1v) is 15.0. The summed E-state index contributed by atoms with van der Waals surface area (Å²) in [6.45, 7) is 1.55. The number of thiophene rings is 1. The molecule has 9 nitrogen and oxygen atoms in total. The predicted molar refractivity (Wildman–Crippen MR) is 152 cm³/mol. The van der Waals surface area contributed by atoms with E-state index in [-0.39, 0.29) is 27.9 Å². The van der Waals surface area contributed by atoms with E-state index in [1.54, 1.807) is 5.38 Å². The number of aryl methyl sites for hydroxylation is 1. The third kappa shape index (κ3) is 5.75. The summed E-state index contributed by atoms with van der Waals surface area (Å²) < 4.78 is 63.1. The Labute approximate surface area is 249 Å². The minimum Gasteiger partial charge on any atom is -0.443 e. The number of ether oxygens (including phenoxy) is 1. The lowest BCUT2D eigenvalue weighted by atomic mass is 10.0. The molecule has 5 rings (SSSR count). The molecule has 3 heterocycles. The molecule has 0 spiro atoms. The summed E-state index contributed by atoms with van der Waals surface area (Å²) in [5, 5.41) is 3.30. The smallest absolute Gasteiger partial charge is 0.419 e. The van der Waals surface area contributed by atoms with Crippen LogP contribution < -0.4 is 16.1 Å². The van der Waals surface area contributed by atoms with Gasteiger partial charge in [-0.1, -0.05) is 19.4 Å². The first-order chi connectivity index (χ1) is 20.3. The third-order valence-corrected chi connectivity index (χ3v) is 9.48. The number of hydrogen-bond donors (Lipinski definition) is 0. The molecule has 0 N–H and O–H groups in total. The normalized spacial score (nSPS) is 14.8. The number of amides is 1. The number of rotatable bonds is 8. The standard InChI is InChI=1S/C28H26F4N4O5S2/c1-4-7-27(8-9-27)24(39)41-14-36-19(15-5-6-17(18(29)10-15)28(30,31)32)13-43-25(36)33-20(37)11-16-12-42-23-21(16)22(38)34(2)26(40)35(23)3/h5-6,10,12-13H,4,7-9,11,14H2,1-3H3. The van der Waals surface area contributed by atoms with Crippen molar-refractivity contribution in [1.29, 1.82) is 0 Å². The minimum absolute atomic E-state index is 0.0632. The lowest BCUT2D eigenvalue weighted by Crippen LogP contribution is -2.36. The second-order valence-corrected chi connectivity index (χ2v) is 12.1. The van der Waals surface area contributed by atoms with Gasteiger partial charge in [0.15, 0.2) is 11.5 Å². The van der Waals surface area contributed by atoms with Gasteiger partial charge in [0.05, 0.1) is 28.5 Å². The number of thiazole rings is 1. The third-order valence-electron chi connectivity index (χ3n) is 7.51. The van der Waals surface area contributed by atoms with Crippen LogP contribution in [0.4, 0.5) is 17.6 Å². The molecular weight excluding hydrogens is 612 g/mol. The molecule has 15 heteroatoms. The number of benzene rings is 1. The van der Waals surface area contributed by atoms with E-state index in [2.05, 4.69) is 4.99 Å². The van der Waals surface area contributed by atoms with Gasteiger partial charge in [-0.05, 0) is 42.3 Å². The van der Waals surface area contributed by atoms with Gasteiger partial charge in [0.25, 0.3) is 11.5 Å². The zero-order chi connectivity index (χ0) is 31.3. The quantitative estimate of drug-likeness (QED) is 0.205. The number of fused-ring (bicyclic) bond motifs is 1. The van der Waals surface area contributed by atoms with Crippen LogP contribution in [0.1, 0.15) is 43.7 Å². The molecule has 1 saturated carbocycles. The van der Waals surface area contributed by atoms with Gasteiger partial charge in [-0.3, -0.25) is 28.1 Å². The van der Waals surface area contributed by atoms with Crippen LogP contribution in [0, 0.1) is 11.2 Å². The van der Waals surface area contributed by atoms with Crippen molar-refractivity contribution in [1.82, 2.24) is 13.7 Å². The van der Waals surface area contributed by atoms with Crippen LogP contribution in [-0.4, -0.2) is 25.6 Å². The van der Waals surface area contributed by atoms with Crippen LogP contribution >= 0.6 is 22.7 Å². The molecule has 228 valence electrons. The summed E-state index contributed by atoms with van der Waals surface area (Å²) >= 11 is 2.10. The summed E-state index contributed by atoms with van der Waals surface area (Å²) in [5.74, 6) is -2.57. The van der Waals surface area contributed by atoms with Gasteiger partial charge in [0, 0.05) is 25.0 Å². The number of nitrogens with zero attached hydrogens (tertiary/aromatic N) is 4. The zero-order valence-electron chi connectivity index (χ0n) is 23.3. The fourth-order valence-corrected chi connectivity index (χ4v) is 6.94. The molecular formula is C28H26F4N4O5S2. The van der Waals surface area contributed by atoms with Crippen molar-refractivity contribution < 1.29 is 31.9 Å². The Kier molecular flexibility index (Phi) is 8.07. The Morgan fingerprint density at radius 1 is 1.09 bits per heavy atom. The van der Waals surface area contributed by atoms with Crippen molar-refractivity contribution >= 4 is 44.8 Å². The molecule has 0 atom stereocenters. The Bertz CT molecular complexity index is 1940. The number of carbonyl (C=O) groups excluding carboxylic acids is 2. The van der Waals surface area contributed by atoms with E-state index in [9.17, 15) is 36.7 Å². The molecule has 1 amide bonds. The number of halogens is 4. The largest absolute Gasteiger partial charge is 0.443 e. The fourth-order valence-electron chi connectivity index (χ4n) is 5.00. The average molecular weight is 639 g/mol. The molecule has 0 radical (unpaired) electrons. The topological polar surface area (TPSA) is 105 Å². The van der Waals surface area contributed by atoms with Crippen molar-refractivity contribution in [2.75, 3.05) is 0 Å². The van der Waals surface area contributed by atoms with Crippen molar-refractivity contribution in [3.63, 3.8) is 0 Å². The first kappa shape index (κ1) is 30.6. The van der Waals surface area contributed by atoms with E-state index < -0.39 is 52.8 Å². The number of carbonyl (C=O) groups is 2. The lowest BCUT2D eigenvalue weighted by molar-refractivity contribution is -0.154. The van der Waals surface area contributed by atoms with E-state index in [0.29, 0.717) is 35.7 Å². The molecule has 0 unspecified atom stereocenters. The molecule has 1 aliphatic rings. The van der Waals surface area contributed by atoms with Gasteiger partial charge in [-0.2, -0.15) is 18.2 Å². The maximum Gasteiger partial charge on any atom is 0.419 e. The monoisotopic (exact) mass is 638 g/mol. The van der Waals surface area contributed by atoms with Gasteiger partial charge < -0.3 is 4.74 Å². The molecule has 3 aromatic heterocycles. The van der Waals surface area contributed by atoms with Crippen molar-refractivity contribution in [2.24, 2.45) is 24.5 Å². The van der Waals surface area contributed by atoms with Gasteiger partial charge in [-0.25, -0.2) is 9.18 Å². The van der Waals surface area contributed by atoms with Crippen LogP contribution in [0.15, 0.2) is 43.5 Å². The molecule has 43 heavy (non-hydrogen) atoms. The fraction of sp³-hybridized carbons (Fsp3) is 0.393. The molecule has 4 aromatic rings.